The van der Waals surface area contributed by atoms with Gasteiger partial charge in [0.15, 0.2) is 0 Å². The van der Waals surface area contributed by atoms with Crippen molar-refractivity contribution in [3.8, 4) is 0 Å². The van der Waals surface area contributed by atoms with Crippen molar-refractivity contribution >= 4 is 33.1 Å². The molecule has 0 atom stereocenters. The van der Waals surface area contributed by atoms with Crippen LogP contribution in [-0.2, 0) is 10.0 Å². The Bertz CT molecular complexity index is 537. The number of amidine groups is 1. The molecule has 0 saturated carbocycles. The molecule has 1 aromatic rings. The van der Waals surface area contributed by atoms with Gasteiger partial charge >= 0.3 is 0 Å². The molecule has 0 amide bonds. The lowest BCUT2D eigenvalue weighted by Crippen LogP contribution is -2.20. The quantitative estimate of drug-likeness (QED) is 0.824. The van der Waals surface area contributed by atoms with Gasteiger partial charge in [0.05, 0.1) is 10.7 Å². The molecule has 15 heavy (non-hydrogen) atoms. The fourth-order valence-corrected chi connectivity index (χ4v) is 3.13. The van der Waals surface area contributed by atoms with Crippen molar-refractivity contribution in [2.75, 3.05) is 5.32 Å². The highest BCUT2D eigenvalue weighted by atomic mass is 35.5. The van der Waals surface area contributed by atoms with Crippen LogP contribution in [0.3, 0.4) is 0 Å². The number of hydrogen-bond acceptors (Lipinski definition) is 3. The van der Waals surface area contributed by atoms with Gasteiger partial charge in [0.1, 0.15) is 10.7 Å². The topological polar surface area (TPSA) is 58.5 Å². The van der Waals surface area contributed by atoms with Crippen LogP contribution in [0.5, 0.6) is 0 Å². The number of benzene rings is 1. The normalized spacial score (nSPS) is 17.6. The van der Waals surface area contributed by atoms with Crippen LogP contribution in [0.15, 0.2) is 27.5 Å². The minimum atomic E-state index is -3.64. The number of nitrogens with one attached hydrogen (secondary N) is 1. The minimum absolute atomic E-state index is 0.0591. The second kappa shape index (κ2) is 3.50. The van der Waals surface area contributed by atoms with E-state index in [-0.39, 0.29) is 9.92 Å². The van der Waals surface area contributed by atoms with E-state index in [0.717, 1.165) is 0 Å². The summed E-state index contributed by atoms with van der Waals surface area (Å²) < 4.78 is 27.1. The summed E-state index contributed by atoms with van der Waals surface area (Å²) in [5.74, 6) is 0.435. The molecule has 0 fully saturated rings. The summed E-state index contributed by atoms with van der Waals surface area (Å²) in [6.07, 6.45) is 0.533. The molecule has 0 spiro atoms. The van der Waals surface area contributed by atoms with Gasteiger partial charge in [-0.3, -0.25) is 0 Å². The first-order chi connectivity index (χ1) is 7.04. The Morgan fingerprint density at radius 1 is 1.47 bits per heavy atom. The number of hydrogen-bond donors (Lipinski definition) is 1. The first-order valence-corrected chi connectivity index (χ1v) is 6.26. The summed E-state index contributed by atoms with van der Waals surface area (Å²) in [6.45, 7) is 1.83. The van der Waals surface area contributed by atoms with Gasteiger partial charge < -0.3 is 5.32 Å². The molecule has 0 unspecified atom stereocenters. The van der Waals surface area contributed by atoms with Crippen LogP contribution in [-0.4, -0.2) is 14.3 Å². The third-order valence-corrected chi connectivity index (χ3v) is 3.91. The lowest BCUT2D eigenvalue weighted by Gasteiger charge is -2.17. The van der Waals surface area contributed by atoms with Crippen LogP contribution in [0.2, 0.25) is 5.02 Å². The van der Waals surface area contributed by atoms with E-state index in [1.165, 1.54) is 6.07 Å². The van der Waals surface area contributed by atoms with Gasteiger partial charge in [-0.05, 0) is 12.1 Å². The molecule has 1 aliphatic rings. The molecule has 0 radical (unpaired) electrons. The average molecular weight is 245 g/mol. The predicted octanol–water partition coefficient (Wildman–Crippen LogP) is 2.26. The average Bonchev–Trinajstić information content (AvgIpc) is 2.15. The Labute approximate surface area is 93.0 Å². The minimum Gasteiger partial charge on any atom is -0.342 e. The highest BCUT2D eigenvalue weighted by Gasteiger charge is 2.26. The Kier molecular flexibility index (Phi) is 2.44. The van der Waals surface area contributed by atoms with Crippen molar-refractivity contribution in [3.63, 3.8) is 0 Å². The molecule has 4 nitrogen and oxygen atoms in total. The summed E-state index contributed by atoms with van der Waals surface area (Å²) >= 11 is 5.83. The first-order valence-electron chi connectivity index (χ1n) is 4.44. The number of halogens is 1. The Morgan fingerprint density at radius 3 is 2.87 bits per heavy atom. The lowest BCUT2D eigenvalue weighted by molar-refractivity contribution is 0.597. The van der Waals surface area contributed by atoms with Crippen molar-refractivity contribution < 1.29 is 8.42 Å². The Hall–Kier alpha value is -1.07. The van der Waals surface area contributed by atoms with E-state index in [0.29, 0.717) is 17.9 Å². The smallest absolute Gasteiger partial charge is 0.287 e. The maximum atomic E-state index is 11.8. The van der Waals surface area contributed by atoms with E-state index in [1.807, 2.05) is 6.92 Å². The zero-order chi connectivity index (χ0) is 11.1. The third kappa shape index (κ3) is 1.72. The fraction of sp³-hybridized carbons (Fsp3) is 0.222. The number of sulfonamides is 1. The zero-order valence-corrected chi connectivity index (χ0v) is 9.56. The molecule has 0 bridgehead atoms. The van der Waals surface area contributed by atoms with Crippen molar-refractivity contribution in [2.45, 2.75) is 18.2 Å². The van der Waals surface area contributed by atoms with Crippen LogP contribution in [0.4, 0.5) is 5.69 Å². The number of nitrogens with zero attached hydrogens (tertiary/aromatic N) is 1. The molecule has 0 aromatic heterocycles. The van der Waals surface area contributed by atoms with E-state index in [2.05, 4.69) is 9.71 Å². The summed E-state index contributed by atoms with van der Waals surface area (Å²) in [5.41, 5.74) is 0.495. The van der Waals surface area contributed by atoms with Gasteiger partial charge in [0, 0.05) is 6.42 Å². The van der Waals surface area contributed by atoms with E-state index in [1.54, 1.807) is 12.1 Å². The van der Waals surface area contributed by atoms with E-state index in [4.69, 9.17) is 11.6 Å². The largest absolute Gasteiger partial charge is 0.342 e. The van der Waals surface area contributed by atoms with Crippen LogP contribution >= 0.6 is 11.6 Å². The lowest BCUT2D eigenvalue weighted by atomic mass is 10.3. The summed E-state index contributed by atoms with van der Waals surface area (Å²) in [7, 11) is -3.64. The predicted molar refractivity (Wildman–Crippen MR) is 60.0 cm³/mol. The van der Waals surface area contributed by atoms with Gasteiger partial charge in [-0.25, -0.2) is 0 Å². The van der Waals surface area contributed by atoms with Crippen LogP contribution in [0.1, 0.15) is 13.3 Å². The van der Waals surface area contributed by atoms with Crippen LogP contribution in [0, 0.1) is 0 Å². The fourth-order valence-electron chi connectivity index (χ4n) is 1.39. The van der Waals surface area contributed by atoms with Gasteiger partial charge in [-0.15, -0.1) is 4.40 Å². The summed E-state index contributed by atoms with van der Waals surface area (Å²) in [5, 5.41) is 3.12. The third-order valence-electron chi connectivity index (χ3n) is 2.07. The van der Waals surface area contributed by atoms with Gasteiger partial charge in [0.2, 0.25) is 0 Å². The van der Waals surface area contributed by atoms with Crippen molar-refractivity contribution in [2.24, 2.45) is 4.40 Å². The molecule has 1 N–H and O–H groups in total. The van der Waals surface area contributed by atoms with Crippen molar-refractivity contribution in [1.82, 2.24) is 0 Å². The molecule has 80 valence electrons. The maximum absolute atomic E-state index is 11.8. The molecule has 1 aromatic carbocycles. The highest BCUT2D eigenvalue weighted by molar-refractivity contribution is 7.90. The molecule has 1 heterocycles. The molecule has 0 saturated heterocycles. The van der Waals surface area contributed by atoms with E-state index >= 15 is 0 Å². The first kappa shape index (κ1) is 10.4. The SMILES string of the molecule is CCC1=NS(=O)(=O)c2c(Cl)cccc2N1. The standard InChI is InChI=1S/C9H9ClN2O2S/c1-2-8-11-7-5-3-4-6(10)9(7)15(13,14)12-8/h3-5H,2H2,1H3,(H,11,12). The number of fused-ring (bicyclic) bond motifs is 1. The van der Waals surface area contributed by atoms with Crippen LogP contribution < -0.4 is 5.32 Å². The highest BCUT2D eigenvalue weighted by Crippen LogP contribution is 2.33. The maximum Gasteiger partial charge on any atom is 0.287 e. The number of rotatable bonds is 1. The van der Waals surface area contributed by atoms with Crippen molar-refractivity contribution in [1.29, 1.82) is 0 Å². The Balaban J connectivity index is 2.70. The van der Waals surface area contributed by atoms with E-state index in [9.17, 15) is 8.42 Å². The summed E-state index contributed by atoms with van der Waals surface area (Å²) in [4.78, 5) is 0.0591. The molecule has 2 rings (SSSR count). The van der Waals surface area contributed by atoms with Crippen LogP contribution in [0.25, 0.3) is 0 Å². The Morgan fingerprint density at radius 2 is 2.20 bits per heavy atom. The zero-order valence-electron chi connectivity index (χ0n) is 7.99. The molecule has 1 aliphatic heterocycles. The second-order valence-electron chi connectivity index (χ2n) is 3.11. The van der Waals surface area contributed by atoms with Gasteiger partial charge in [-0.1, -0.05) is 24.6 Å². The summed E-state index contributed by atoms with van der Waals surface area (Å²) in [6, 6.07) is 4.90. The molecule has 0 aliphatic carbocycles. The molecular weight excluding hydrogens is 236 g/mol. The number of anilines is 1. The van der Waals surface area contributed by atoms with Gasteiger partial charge in [0.25, 0.3) is 10.0 Å². The van der Waals surface area contributed by atoms with Gasteiger partial charge in [-0.2, -0.15) is 8.42 Å². The van der Waals surface area contributed by atoms with E-state index < -0.39 is 10.0 Å². The van der Waals surface area contributed by atoms with Crippen molar-refractivity contribution in [3.05, 3.63) is 23.2 Å². The molecular formula is C9H9ClN2O2S. The monoisotopic (exact) mass is 244 g/mol. The second-order valence-corrected chi connectivity index (χ2v) is 5.06. The molecule has 6 heteroatoms.